The second kappa shape index (κ2) is 13.8. The van der Waals surface area contributed by atoms with Crippen LogP contribution >= 0.6 is 11.6 Å². The van der Waals surface area contributed by atoms with E-state index in [4.69, 9.17) is 25.8 Å². The van der Waals surface area contributed by atoms with E-state index in [1.54, 1.807) is 25.1 Å². The molecule has 34 heavy (non-hydrogen) atoms. The fourth-order valence-corrected chi connectivity index (χ4v) is 2.87. The Morgan fingerprint density at radius 2 is 1.82 bits per heavy atom. The average molecular weight is 491 g/mol. The first-order chi connectivity index (χ1) is 16.3. The Balaban J connectivity index is 2.00. The molecule has 3 amide bonds. The van der Waals surface area contributed by atoms with E-state index in [1.807, 2.05) is 19.1 Å². The predicted octanol–water partition coefficient (Wildman–Crippen LogP) is 2.28. The highest BCUT2D eigenvalue weighted by molar-refractivity contribution is 6.35. The second-order valence-electron chi connectivity index (χ2n) is 6.91. The van der Waals surface area contributed by atoms with Gasteiger partial charge in [-0.25, -0.2) is 5.43 Å². The van der Waals surface area contributed by atoms with Crippen molar-refractivity contribution in [1.82, 2.24) is 10.7 Å². The lowest BCUT2D eigenvalue weighted by Gasteiger charge is -2.14. The summed E-state index contributed by atoms with van der Waals surface area (Å²) in [6.07, 6.45) is 1.29. The summed E-state index contributed by atoms with van der Waals surface area (Å²) >= 11 is 6.33. The van der Waals surface area contributed by atoms with Gasteiger partial charge in [0, 0.05) is 19.3 Å². The number of anilines is 1. The Bertz CT molecular complexity index is 1030. The zero-order chi connectivity index (χ0) is 24.9. The van der Waals surface area contributed by atoms with Crippen LogP contribution in [0, 0.1) is 6.92 Å². The molecule has 0 fully saturated rings. The largest absolute Gasteiger partial charge is 0.490 e. The molecule has 2 aromatic carbocycles. The van der Waals surface area contributed by atoms with Crippen molar-refractivity contribution in [2.75, 3.05) is 38.8 Å². The summed E-state index contributed by atoms with van der Waals surface area (Å²) in [5, 5.41) is 9.05. The lowest BCUT2D eigenvalue weighted by molar-refractivity contribution is -0.139. The minimum Gasteiger partial charge on any atom is -0.490 e. The SMILES string of the molecule is CCOc1cc(/C=N\NC(=O)C(=O)NCCOC)cc(Cl)c1OCC(=O)Nc1ccc(C)cc1. The molecule has 0 radical (unpaired) electrons. The normalized spacial score (nSPS) is 10.6. The van der Waals surface area contributed by atoms with Crippen molar-refractivity contribution < 1.29 is 28.6 Å². The minimum absolute atomic E-state index is 0.180. The first-order valence-corrected chi connectivity index (χ1v) is 10.8. The van der Waals surface area contributed by atoms with Gasteiger partial charge in [0.05, 0.1) is 24.5 Å². The maximum atomic E-state index is 12.2. The minimum atomic E-state index is -0.928. The standard InChI is InChI=1S/C23H27ClN4O6/c1-4-33-19-12-16(13-26-28-23(31)22(30)25-9-10-32-3)11-18(24)21(19)34-14-20(29)27-17-7-5-15(2)6-8-17/h5-8,11-13H,4,9-10,14H2,1-3H3,(H,25,30)(H,27,29)(H,28,31)/b26-13-. The average Bonchev–Trinajstić information content (AvgIpc) is 2.80. The van der Waals surface area contributed by atoms with E-state index >= 15 is 0 Å². The number of halogens is 1. The Kier molecular flexibility index (Phi) is 10.8. The van der Waals surface area contributed by atoms with Gasteiger partial charge in [-0.3, -0.25) is 14.4 Å². The number of nitrogens with one attached hydrogen (secondary N) is 3. The van der Waals surface area contributed by atoms with E-state index in [9.17, 15) is 14.4 Å². The molecule has 0 unspecified atom stereocenters. The monoisotopic (exact) mass is 490 g/mol. The highest BCUT2D eigenvalue weighted by atomic mass is 35.5. The van der Waals surface area contributed by atoms with Crippen LogP contribution in [0.4, 0.5) is 5.69 Å². The zero-order valence-corrected chi connectivity index (χ0v) is 19.9. The topological polar surface area (TPSA) is 127 Å². The van der Waals surface area contributed by atoms with Crippen molar-refractivity contribution in [3.63, 3.8) is 0 Å². The van der Waals surface area contributed by atoms with Crippen molar-refractivity contribution in [3.05, 3.63) is 52.5 Å². The van der Waals surface area contributed by atoms with E-state index in [-0.39, 0.29) is 36.4 Å². The van der Waals surface area contributed by atoms with E-state index in [2.05, 4.69) is 21.2 Å². The number of nitrogens with zero attached hydrogens (tertiary/aromatic N) is 1. The molecule has 0 atom stereocenters. The fourth-order valence-electron chi connectivity index (χ4n) is 2.60. The van der Waals surface area contributed by atoms with Gasteiger partial charge in [0.25, 0.3) is 5.91 Å². The number of ether oxygens (including phenoxy) is 3. The summed E-state index contributed by atoms with van der Waals surface area (Å²) in [6.45, 7) is 4.25. The van der Waals surface area contributed by atoms with Gasteiger partial charge in [-0.2, -0.15) is 5.10 Å². The first kappa shape index (κ1) is 26.6. The van der Waals surface area contributed by atoms with E-state index in [1.165, 1.54) is 19.4 Å². The molecule has 3 N–H and O–H groups in total. The van der Waals surface area contributed by atoms with Crippen LogP contribution in [0.2, 0.25) is 5.02 Å². The Morgan fingerprint density at radius 3 is 2.50 bits per heavy atom. The number of amides is 3. The molecule has 0 aliphatic carbocycles. The molecule has 2 rings (SSSR count). The fraction of sp³-hybridized carbons (Fsp3) is 0.304. The molecule has 10 nitrogen and oxygen atoms in total. The van der Waals surface area contributed by atoms with Crippen molar-refractivity contribution in [2.24, 2.45) is 5.10 Å². The maximum absolute atomic E-state index is 12.2. The van der Waals surface area contributed by atoms with E-state index < -0.39 is 11.8 Å². The second-order valence-corrected chi connectivity index (χ2v) is 7.32. The van der Waals surface area contributed by atoms with Crippen molar-refractivity contribution in [1.29, 1.82) is 0 Å². The third-order valence-electron chi connectivity index (χ3n) is 4.19. The molecule has 0 heterocycles. The maximum Gasteiger partial charge on any atom is 0.329 e. The van der Waals surface area contributed by atoms with Crippen molar-refractivity contribution in [3.8, 4) is 11.5 Å². The van der Waals surface area contributed by atoms with Crippen LogP contribution in [-0.2, 0) is 19.1 Å². The number of hydrazone groups is 1. The van der Waals surface area contributed by atoms with E-state index in [0.29, 0.717) is 23.6 Å². The lowest BCUT2D eigenvalue weighted by atomic mass is 10.2. The third kappa shape index (κ3) is 8.72. The summed E-state index contributed by atoms with van der Waals surface area (Å²) in [6, 6.07) is 10.5. The van der Waals surface area contributed by atoms with Crippen LogP contribution in [-0.4, -0.2) is 57.4 Å². The summed E-state index contributed by atoms with van der Waals surface area (Å²) < 4.78 is 16.0. The molecule has 0 aromatic heterocycles. The number of hydrogen-bond donors (Lipinski definition) is 3. The van der Waals surface area contributed by atoms with Crippen LogP contribution in [0.5, 0.6) is 11.5 Å². The quantitative estimate of drug-likeness (QED) is 0.192. The predicted molar refractivity (Wildman–Crippen MR) is 129 cm³/mol. The van der Waals surface area contributed by atoms with Crippen LogP contribution in [0.1, 0.15) is 18.1 Å². The molecule has 11 heteroatoms. The summed E-state index contributed by atoms with van der Waals surface area (Å²) in [7, 11) is 1.48. The van der Waals surface area contributed by atoms with Crippen LogP contribution in [0.3, 0.4) is 0 Å². The van der Waals surface area contributed by atoms with Gasteiger partial charge in [0.1, 0.15) is 0 Å². The van der Waals surface area contributed by atoms with Crippen LogP contribution in [0.15, 0.2) is 41.5 Å². The number of carbonyl (C=O) groups is 3. The van der Waals surface area contributed by atoms with Gasteiger partial charge in [0.2, 0.25) is 0 Å². The van der Waals surface area contributed by atoms with E-state index in [0.717, 1.165) is 5.56 Å². The highest BCUT2D eigenvalue weighted by Crippen LogP contribution is 2.36. The smallest absolute Gasteiger partial charge is 0.329 e. The summed E-state index contributed by atoms with van der Waals surface area (Å²) in [5.74, 6) is -1.64. The van der Waals surface area contributed by atoms with Gasteiger partial charge in [-0.05, 0) is 43.7 Å². The molecule has 0 saturated heterocycles. The number of aryl methyl sites for hydroxylation is 1. The number of rotatable bonds is 11. The van der Waals surface area contributed by atoms with Crippen LogP contribution < -0.4 is 25.5 Å². The van der Waals surface area contributed by atoms with Crippen molar-refractivity contribution in [2.45, 2.75) is 13.8 Å². The molecule has 2 aromatic rings. The Morgan fingerprint density at radius 1 is 1.09 bits per heavy atom. The molecule has 0 spiro atoms. The third-order valence-corrected chi connectivity index (χ3v) is 4.47. The van der Waals surface area contributed by atoms with Gasteiger partial charge >= 0.3 is 11.8 Å². The van der Waals surface area contributed by atoms with Gasteiger partial charge < -0.3 is 24.8 Å². The molecule has 0 aliphatic rings. The molecular formula is C23H27ClN4O6. The number of hydrogen-bond acceptors (Lipinski definition) is 7. The van der Waals surface area contributed by atoms with Gasteiger partial charge in [0.15, 0.2) is 18.1 Å². The summed E-state index contributed by atoms with van der Waals surface area (Å²) in [5.41, 5.74) is 4.33. The first-order valence-electron chi connectivity index (χ1n) is 10.4. The number of benzene rings is 2. The van der Waals surface area contributed by atoms with Gasteiger partial charge in [-0.15, -0.1) is 0 Å². The molecular weight excluding hydrogens is 464 g/mol. The zero-order valence-electron chi connectivity index (χ0n) is 19.1. The van der Waals surface area contributed by atoms with Crippen LogP contribution in [0.25, 0.3) is 0 Å². The molecule has 0 aliphatic heterocycles. The highest BCUT2D eigenvalue weighted by Gasteiger charge is 2.15. The Hall–Kier alpha value is -3.63. The summed E-state index contributed by atoms with van der Waals surface area (Å²) in [4.78, 5) is 35.6. The van der Waals surface area contributed by atoms with Crippen molar-refractivity contribution >= 4 is 41.2 Å². The molecule has 0 bridgehead atoms. The lowest BCUT2D eigenvalue weighted by Crippen LogP contribution is -2.39. The number of methoxy groups -OCH3 is 1. The number of carbonyl (C=O) groups excluding carboxylic acids is 3. The van der Waals surface area contributed by atoms with Gasteiger partial charge in [-0.1, -0.05) is 29.3 Å². The molecule has 0 saturated carbocycles. The Labute approximate surface area is 202 Å². The molecule has 182 valence electrons.